The molecule has 6 nitrogen and oxygen atoms in total. The number of nitrogens with one attached hydrogen (secondary N) is 1. The van der Waals surface area contributed by atoms with Crippen LogP contribution in [0.1, 0.15) is 60.3 Å². The third kappa shape index (κ3) is 5.44. The van der Waals surface area contributed by atoms with E-state index in [1.165, 1.54) is 0 Å². The van der Waals surface area contributed by atoms with Crippen molar-refractivity contribution in [2.75, 3.05) is 6.54 Å². The second kappa shape index (κ2) is 6.54. The number of nitrogens with zero attached hydrogens (tertiary/aromatic N) is 1. The first kappa shape index (κ1) is 17.6. The fourth-order valence-electron chi connectivity index (χ4n) is 2.79. The van der Waals surface area contributed by atoms with Crippen LogP contribution in [-0.2, 0) is 4.74 Å². The van der Waals surface area contributed by atoms with Crippen LogP contribution in [0.25, 0.3) is 0 Å². The van der Waals surface area contributed by atoms with Crippen molar-refractivity contribution < 1.29 is 19.4 Å². The highest BCUT2D eigenvalue weighted by molar-refractivity contribution is 5.67. The van der Waals surface area contributed by atoms with Crippen molar-refractivity contribution in [1.82, 2.24) is 10.2 Å². The van der Waals surface area contributed by atoms with Crippen molar-refractivity contribution >= 4 is 12.2 Å². The fraction of sp³-hybridized carbons (Fsp3) is 0.867. The SMILES string of the molecule is CC(C)(C)OC(=O)NCCC[C@H]1CCC(C)(C)N1C(=O)O. The third-order valence-electron chi connectivity index (χ3n) is 3.70. The summed E-state index contributed by atoms with van der Waals surface area (Å²) in [4.78, 5) is 24.4. The standard InChI is InChI=1S/C15H28N2O4/c1-14(2,3)21-12(18)16-10-6-7-11-8-9-15(4,5)17(11)13(19)20/h11H,6-10H2,1-5H3,(H,16,18)(H,19,20)/t11-/m0/s1. The topological polar surface area (TPSA) is 78.9 Å². The maximum atomic E-state index is 11.5. The van der Waals surface area contributed by atoms with Crippen LogP contribution in [0.5, 0.6) is 0 Å². The van der Waals surface area contributed by atoms with E-state index >= 15 is 0 Å². The number of hydrogen-bond acceptors (Lipinski definition) is 3. The van der Waals surface area contributed by atoms with Crippen molar-refractivity contribution in [3.8, 4) is 0 Å². The van der Waals surface area contributed by atoms with Crippen molar-refractivity contribution in [2.24, 2.45) is 0 Å². The molecule has 0 spiro atoms. The van der Waals surface area contributed by atoms with Crippen molar-refractivity contribution in [3.63, 3.8) is 0 Å². The van der Waals surface area contributed by atoms with Gasteiger partial charge in [0.25, 0.3) is 0 Å². The molecule has 0 unspecified atom stereocenters. The predicted molar refractivity (Wildman–Crippen MR) is 80.4 cm³/mol. The summed E-state index contributed by atoms with van der Waals surface area (Å²) in [7, 11) is 0. The average molecular weight is 300 g/mol. The zero-order chi connectivity index (χ0) is 16.3. The number of ether oxygens (including phenoxy) is 1. The second-order valence-corrected chi connectivity index (χ2v) is 7.23. The summed E-state index contributed by atoms with van der Waals surface area (Å²) >= 11 is 0. The van der Waals surface area contributed by atoms with Gasteiger partial charge in [-0.15, -0.1) is 0 Å². The van der Waals surface area contributed by atoms with Crippen LogP contribution in [0.4, 0.5) is 9.59 Å². The second-order valence-electron chi connectivity index (χ2n) is 7.23. The van der Waals surface area contributed by atoms with Gasteiger partial charge in [0, 0.05) is 18.1 Å². The average Bonchev–Trinajstić information content (AvgIpc) is 2.57. The highest BCUT2D eigenvalue weighted by atomic mass is 16.6. The number of alkyl carbamates (subject to hydrolysis) is 1. The predicted octanol–water partition coefficient (Wildman–Crippen LogP) is 3.21. The monoisotopic (exact) mass is 300 g/mol. The van der Waals surface area contributed by atoms with Gasteiger partial charge in [0.2, 0.25) is 0 Å². The lowest BCUT2D eigenvalue weighted by atomic mass is 10.0. The summed E-state index contributed by atoms with van der Waals surface area (Å²) in [6, 6.07) is 0.0398. The van der Waals surface area contributed by atoms with Gasteiger partial charge in [0.15, 0.2) is 0 Å². The number of rotatable bonds is 4. The molecule has 6 heteroatoms. The van der Waals surface area contributed by atoms with E-state index in [9.17, 15) is 14.7 Å². The quantitative estimate of drug-likeness (QED) is 0.781. The number of carboxylic acid groups (broad SMARTS) is 1. The number of hydrogen-bond donors (Lipinski definition) is 2. The van der Waals surface area contributed by atoms with E-state index in [-0.39, 0.29) is 11.6 Å². The molecule has 1 rings (SSSR count). The molecule has 21 heavy (non-hydrogen) atoms. The molecular weight excluding hydrogens is 272 g/mol. The molecule has 0 aromatic heterocycles. The van der Waals surface area contributed by atoms with Gasteiger partial charge in [-0.1, -0.05) is 0 Å². The van der Waals surface area contributed by atoms with E-state index in [1.807, 2.05) is 34.6 Å². The van der Waals surface area contributed by atoms with Gasteiger partial charge in [-0.2, -0.15) is 0 Å². The van der Waals surface area contributed by atoms with Crippen LogP contribution < -0.4 is 5.32 Å². The van der Waals surface area contributed by atoms with Crippen LogP contribution in [0.3, 0.4) is 0 Å². The first-order valence-corrected chi connectivity index (χ1v) is 7.52. The summed E-state index contributed by atoms with van der Waals surface area (Å²) in [5.41, 5.74) is -0.797. The lowest BCUT2D eigenvalue weighted by molar-refractivity contribution is 0.0522. The van der Waals surface area contributed by atoms with E-state index in [4.69, 9.17) is 4.74 Å². The molecule has 0 aromatic carbocycles. The van der Waals surface area contributed by atoms with Gasteiger partial charge < -0.3 is 20.1 Å². The normalized spacial score (nSPS) is 21.2. The van der Waals surface area contributed by atoms with Gasteiger partial charge in [0.05, 0.1) is 0 Å². The van der Waals surface area contributed by atoms with E-state index in [1.54, 1.807) is 4.90 Å². The highest BCUT2D eigenvalue weighted by Gasteiger charge is 2.42. The Morgan fingerprint density at radius 2 is 2.00 bits per heavy atom. The van der Waals surface area contributed by atoms with Crippen molar-refractivity contribution in [2.45, 2.75) is 77.5 Å². The molecule has 122 valence electrons. The summed E-state index contributed by atoms with van der Waals surface area (Å²) in [6.07, 6.45) is 1.97. The lowest BCUT2D eigenvalue weighted by Gasteiger charge is -2.33. The zero-order valence-corrected chi connectivity index (χ0v) is 13.7. The van der Waals surface area contributed by atoms with Crippen LogP contribution in [0.15, 0.2) is 0 Å². The summed E-state index contributed by atoms with van der Waals surface area (Å²) in [5, 5.41) is 12.0. The number of carbonyl (C=O) groups excluding carboxylic acids is 1. The van der Waals surface area contributed by atoms with Gasteiger partial charge in [0.1, 0.15) is 5.60 Å². The smallest absolute Gasteiger partial charge is 0.407 e. The van der Waals surface area contributed by atoms with E-state index in [0.717, 1.165) is 25.7 Å². The maximum Gasteiger partial charge on any atom is 0.407 e. The van der Waals surface area contributed by atoms with E-state index < -0.39 is 17.8 Å². The van der Waals surface area contributed by atoms with Crippen LogP contribution >= 0.6 is 0 Å². The number of likely N-dealkylation sites (tertiary alicyclic amines) is 1. The first-order valence-electron chi connectivity index (χ1n) is 7.52. The molecule has 1 atom stereocenters. The van der Waals surface area contributed by atoms with E-state index in [2.05, 4.69) is 5.32 Å². The number of amides is 2. The van der Waals surface area contributed by atoms with Crippen LogP contribution in [0.2, 0.25) is 0 Å². The first-order chi connectivity index (χ1) is 9.53. The molecule has 2 amide bonds. The molecule has 1 aliphatic heterocycles. The summed E-state index contributed by atoms with van der Waals surface area (Å²) < 4.78 is 5.15. The van der Waals surface area contributed by atoms with Gasteiger partial charge in [-0.05, 0) is 60.3 Å². The molecule has 0 radical (unpaired) electrons. The summed E-state index contributed by atoms with van der Waals surface area (Å²) in [5.74, 6) is 0. The Morgan fingerprint density at radius 1 is 1.38 bits per heavy atom. The van der Waals surface area contributed by atoms with Gasteiger partial charge in [-0.3, -0.25) is 0 Å². The Kier molecular flexibility index (Phi) is 5.48. The molecule has 0 aromatic rings. The lowest BCUT2D eigenvalue weighted by Crippen LogP contribution is -2.46. The minimum Gasteiger partial charge on any atom is -0.465 e. The van der Waals surface area contributed by atoms with Crippen LogP contribution in [0, 0.1) is 0 Å². The van der Waals surface area contributed by atoms with Gasteiger partial charge >= 0.3 is 12.2 Å². The Bertz CT molecular complexity index is 388. The molecule has 0 saturated carbocycles. The highest BCUT2D eigenvalue weighted by Crippen LogP contribution is 2.35. The molecule has 1 aliphatic rings. The Balaban J connectivity index is 2.33. The zero-order valence-electron chi connectivity index (χ0n) is 13.7. The Hall–Kier alpha value is -1.46. The van der Waals surface area contributed by atoms with Crippen molar-refractivity contribution in [1.29, 1.82) is 0 Å². The molecule has 1 fully saturated rings. The third-order valence-corrected chi connectivity index (χ3v) is 3.70. The minimum atomic E-state index is -0.859. The van der Waals surface area contributed by atoms with E-state index in [0.29, 0.717) is 6.54 Å². The molecule has 1 saturated heterocycles. The molecule has 1 heterocycles. The summed E-state index contributed by atoms with van der Waals surface area (Å²) in [6.45, 7) is 9.87. The molecular formula is C15H28N2O4. The van der Waals surface area contributed by atoms with Gasteiger partial charge in [-0.25, -0.2) is 9.59 Å². The van der Waals surface area contributed by atoms with Crippen LogP contribution in [-0.4, -0.2) is 45.9 Å². The molecule has 2 N–H and O–H groups in total. The minimum absolute atomic E-state index is 0.0398. The fourth-order valence-corrected chi connectivity index (χ4v) is 2.79. The Labute approximate surface area is 126 Å². The Morgan fingerprint density at radius 3 is 2.52 bits per heavy atom. The molecule has 0 bridgehead atoms. The number of carbonyl (C=O) groups is 2. The molecule has 0 aliphatic carbocycles. The largest absolute Gasteiger partial charge is 0.465 e. The maximum absolute atomic E-state index is 11.5. The van der Waals surface area contributed by atoms with Crippen molar-refractivity contribution in [3.05, 3.63) is 0 Å².